The molecule has 0 amide bonds. The maximum atomic E-state index is 12.1. The summed E-state index contributed by atoms with van der Waals surface area (Å²) >= 11 is 1.88. The van der Waals surface area contributed by atoms with Gasteiger partial charge in [0.15, 0.2) is 18.0 Å². The molecule has 13 heteroatoms. The van der Waals surface area contributed by atoms with Crippen molar-refractivity contribution in [2.45, 2.75) is 28.9 Å². The number of carbonyl (C=O) groups excluding carboxylic acids is 1. The number of para-hydroxylation sites is 3. The van der Waals surface area contributed by atoms with Gasteiger partial charge < -0.3 is 45.2 Å². The van der Waals surface area contributed by atoms with Gasteiger partial charge >= 0.3 is 11.9 Å². The minimum absolute atomic E-state index is 0.113. The third-order valence-corrected chi connectivity index (χ3v) is 8.24. The van der Waals surface area contributed by atoms with Gasteiger partial charge in [-0.3, -0.25) is 4.79 Å². The standard InChI is InChI=1S/C18H22N2S.C14H12O4.C4H6O6/c1-14(12-19(2)3)13-20-15-8-4-6-10-17(15)21-18-11-7-5-9-16(18)20;1-18-9-6-7-11(13(16)8-9)14(17)10-4-2-3-5-12(10)15;5-1(3(7)8)2(6)4(9)10/h4-11,14H,12-13H2,1-3H3;2-8,15-16H,1H3;1-2,5-6H,(H,7,8)(H,9,10). The molecule has 0 aromatic heterocycles. The molecule has 3 unspecified atom stereocenters. The fraction of sp³-hybridized carbons (Fsp3) is 0.250. The van der Waals surface area contributed by atoms with Gasteiger partial charge in [0.25, 0.3) is 0 Å². The first kappa shape index (κ1) is 38.4. The molecule has 0 saturated carbocycles. The first-order chi connectivity index (χ1) is 23.2. The highest BCUT2D eigenvalue weighted by molar-refractivity contribution is 7.99. The molecule has 0 fully saturated rings. The number of fused-ring (bicyclic) bond motifs is 2. The molecule has 3 atom stereocenters. The Bertz CT molecular complexity index is 1690. The van der Waals surface area contributed by atoms with Gasteiger partial charge in [-0.25, -0.2) is 9.59 Å². The lowest BCUT2D eigenvalue weighted by Gasteiger charge is -2.35. The van der Waals surface area contributed by atoms with Crippen LogP contribution in [0.4, 0.5) is 11.4 Å². The summed E-state index contributed by atoms with van der Waals surface area (Å²) < 4.78 is 4.94. The number of ether oxygens (including phenoxy) is 1. The van der Waals surface area contributed by atoms with E-state index in [9.17, 15) is 24.6 Å². The Labute approximate surface area is 288 Å². The molecular weight excluding hydrogens is 652 g/mol. The zero-order valence-corrected chi connectivity index (χ0v) is 28.2. The van der Waals surface area contributed by atoms with E-state index in [-0.39, 0.29) is 22.6 Å². The summed E-state index contributed by atoms with van der Waals surface area (Å²) in [4.78, 5) is 39.1. The van der Waals surface area contributed by atoms with Crippen molar-refractivity contribution in [3.8, 4) is 17.2 Å². The van der Waals surface area contributed by atoms with Crippen molar-refractivity contribution in [1.29, 1.82) is 0 Å². The average Bonchev–Trinajstić information content (AvgIpc) is 3.07. The predicted octanol–water partition coefficient (Wildman–Crippen LogP) is 4.70. The molecule has 0 spiro atoms. The zero-order chi connectivity index (χ0) is 36.2. The van der Waals surface area contributed by atoms with Crippen LogP contribution in [0.25, 0.3) is 0 Å². The Morgan fingerprint density at radius 3 is 1.71 bits per heavy atom. The summed E-state index contributed by atoms with van der Waals surface area (Å²) in [6.07, 6.45) is -4.53. The predicted molar refractivity (Wildman–Crippen MR) is 185 cm³/mol. The molecule has 12 nitrogen and oxygen atoms in total. The lowest BCUT2D eigenvalue weighted by atomic mass is 10.0. The van der Waals surface area contributed by atoms with Crippen LogP contribution in [0, 0.1) is 5.92 Å². The highest BCUT2D eigenvalue weighted by atomic mass is 32.2. The number of aromatic hydroxyl groups is 2. The topological polar surface area (TPSA) is 188 Å². The minimum atomic E-state index is -2.27. The third-order valence-electron chi connectivity index (χ3n) is 7.11. The number of hydrogen-bond donors (Lipinski definition) is 6. The van der Waals surface area contributed by atoms with E-state index in [0.29, 0.717) is 11.7 Å². The number of anilines is 2. The van der Waals surface area contributed by atoms with Gasteiger partial charge in [0.05, 0.1) is 29.6 Å². The van der Waals surface area contributed by atoms with E-state index >= 15 is 0 Å². The van der Waals surface area contributed by atoms with Gasteiger partial charge in [0.2, 0.25) is 0 Å². The Balaban J connectivity index is 0.000000212. The number of carboxylic acid groups (broad SMARTS) is 2. The van der Waals surface area contributed by atoms with Gasteiger partial charge in [-0.15, -0.1) is 0 Å². The van der Waals surface area contributed by atoms with Gasteiger partial charge in [-0.2, -0.15) is 0 Å². The molecule has 0 radical (unpaired) electrons. The summed E-state index contributed by atoms with van der Waals surface area (Å²) in [5.41, 5.74) is 2.95. The second kappa shape index (κ2) is 17.9. The summed E-state index contributed by atoms with van der Waals surface area (Å²) in [7, 11) is 5.76. The number of aliphatic hydroxyl groups excluding tert-OH is 2. The number of phenolic OH excluding ortho intramolecular Hbond substituents is 2. The summed E-state index contributed by atoms with van der Waals surface area (Å²) in [5.74, 6) is -3.19. The number of methoxy groups -OCH3 is 1. The number of nitrogens with zero attached hydrogens (tertiary/aromatic N) is 2. The van der Waals surface area contributed by atoms with Gasteiger partial charge in [-0.05, 0) is 68.5 Å². The molecule has 0 saturated heterocycles. The largest absolute Gasteiger partial charge is 0.507 e. The highest BCUT2D eigenvalue weighted by Crippen LogP contribution is 2.48. The molecule has 0 aliphatic carbocycles. The molecule has 4 aromatic carbocycles. The number of carbonyl (C=O) groups is 3. The van der Waals surface area contributed by atoms with Crippen molar-refractivity contribution < 1.29 is 49.8 Å². The van der Waals surface area contributed by atoms with Crippen molar-refractivity contribution in [3.63, 3.8) is 0 Å². The van der Waals surface area contributed by atoms with E-state index in [1.54, 1.807) is 18.2 Å². The van der Waals surface area contributed by atoms with Crippen LogP contribution in [0.5, 0.6) is 17.2 Å². The van der Waals surface area contributed by atoms with Gasteiger partial charge in [0.1, 0.15) is 17.2 Å². The number of benzene rings is 4. The fourth-order valence-electron chi connectivity index (χ4n) is 4.88. The van der Waals surface area contributed by atoms with Crippen LogP contribution in [-0.2, 0) is 9.59 Å². The van der Waals surface area contributed by atoms with Crippen LogP contribution in [0.15, 0.2) is 101 Å². The normalized spacial score (nSPS) is 13.2. The van der Waals surface area contributed by atoms with Crippen LogP contribution < -0.4 is 9.64 Å². The second-order valence-electron chi connectivity index (χ2n) is 11.3. The second-order valence-corrected chi connectivity index (χ2v) is 12.4. The summed E-state index contributed by atoms with van der Waals surface area (Å²) in [6.45, 7) is 4.48. The molecule has 6 N–H and O–H groups in total. The van der Waals surface area contributed by atoms with E-state index in [0.717, 1.165) is 13.1 Å². The summed E-state index contributed by atoms with van der Waals surface area (Å²) in [6, 6.07) is 28.0. The van der Waals surface area contributed by atoms with Gasteiger partial charge in [-0.1, -0.05) is 55.1 Å². The molecule has 4 aromatic rings. The quantitative estimate of drug-likeness (QED) is 0.126. The summed E-state index contributed by atoms with van der Waals surface area (Å²) in [5, 5.41) is 51.9. The Hall–Kier alpha value is -5.08. The van der Waals surface area contributed by atoms with E-state index in [2.05, 4.69) is 79.3 Å². The molecule has 5 rings (SSSR count). The number of aliphatic carboxylic acids is 2. The third kappa shape index (κ3) is 10.5. The van der Waals surface area contributed by atoms with Gasteiger partial charge in [0, 0.05) is 28.9 Å². The monoisotopic (exact) mass is 692 g/mol. The van der Waals surface area contributed by atoms with Crippen molar-refractivity contribution in [3.05, 3.63) is 102 Å². The lowest BCUT2D eigenvalue weighted by molar-refractivity contribution is -0.165. The van der Waals surface area contributed by atoms with Crippen LogP contribution in [0.3, 0.4) is 0 Å². The van der Waals surface area contributed by atoms with Crippen molar-refractivity contribution in [1.82, 2.24) is 4.90 Å². The van der Waals surface area contributed by atoms with E-state index < -0.39 is 29.9 Å². The van der Waals surface area contributed by atoms with E-state index in [4.69, 9.17) is 25.2 Å². The first-order valence-electron chi connectivity index (χ1n) is 15.0. The van der Waals surface area contributed by atoms with Crippen LogP contribution in [0.1, 0.15) is 22.8 Å². The maximum Gasteiger partial charge on any atom is 0.335 e. The van der Waals surface area contributed by atoms with Crippen LogP contribution in [0.2, 0.25) is 0 Å². The molecule has 1 aliphatic rings. The average molecular weight is 693 g/mol. The van der Waals surface area contributed by atoms with E-state index in [1.165, 1.54) is 52.5 Å². The SMILES string of the molecule is CC(CN(C)C)CN1c2ccccc2Sc2ccccc21.COc1ccc(C(=O)c2ccccc2O)c(O)c1.O=C(O)C(O)C(O)C(=O)O. The van der Waals surface area contributed by atoms with Crippen molar-refractivity contribution in [2.24, 2.45) is 5.92 Å². The van der Waals surface area contributed by atoms with Crippen molar-refractivity contribution in [2.75, 3.05) is 39.2 Å². The molecule has 1 aliphatic heterocycles. The molecular formula is C36H40N2O10S. The van der Waals surface area contributed by atoms with Crippen LogP contribution >= 0.6 is 11.8 Å². The number of aliphatic hydroxyl groups is 2. The number of carboxylic acids is 2. The Morgan fingerprint density at radius 2 is 1.24 bits per heavy atom. The molecule has 0 bridgehead atoms. The molecule has 1 heterocycles. The molecule has 260 valence electrons. The van der Waals surface area contributed by atoms with E-state index in [1.807, 2.05) is 11.8 Å². The minimum Gasteiger partial charge on any atom is -0.507 e. The first-order valence-corrected chi connectivity index (χ1v) is 15.9. The maximum absolute atomic E-state index is 12.1. The number of rotatable bonds is 10. The van der Waals surface area contributed by atoms with Crippen LogP contribution in [-0.4, -0.2) is 99.8 Å². The number of phenols is 2. The zero-order valence-electron chi connectivity index (χ0n) is 27.4. The lowest BCUT2D eigenvalue weighted by Crippen LogP contribution is -2.39. The fourth-order valence-corrected chi connectivity index (χ4v) is 5.98. The Morgan fingerprint density at radius 1 is 0.755 bits per heavy atom. The smallest absolute Gasteiger partial charge is 0.335 e. The number of ketones is 1. The van der Waals surface area contributed by atoms with Crippen molar-refractivity contribution >= 4 is 40.9 Å². The highest BCUT2D eigenvalue weighted by Gasteiger charge is 2.29. The number of hydrogen-bond acceptors (Lipinski definition) is 11. The molecule has 49 heavy (non-hydrogen) atoms. The Kier molecular flexibility index (Phi) is 14.0.